The van der Waals surface area contributed by atoms with Gasteiger partial charge in [0.1, 0.15) is 0 Å². The molecule has 1 saturated carbocycles. The summed E-state index contributed by atoms with van der Waals surface area (Å²) in [5.41, 5.74) is 10.7. The van der Waals surface area contributed by atoms with E-state index in [4.69, 9.17) is 5.73 Å². The van der Waals surface area contributed by atoms with E-state index >= 15 is 0 Å². The molecule has 1 heterocycles. The van der Waals surface area contributed by atoms with Crippen LogP contribution >= 0.6 is 0 Å². The monoisotopic (exact) mass is 315 g/mol. The lowest BCUT2D eigenvalue weighted by atomic mass is 9.84. The average Bonchev–Trinajstić information content (AvgIpc) is 2.42. The summed E-state index contributed by atoms with van der Waals surface area (Å²) in [5.74, 6) is 0.696. The molecule has 4 heteroatoms. The van der Waals surface area contributed by atoms with Crippen LogP contribution in [0.3, 0.4) is 0 Å². The van der Waals surface area contributed by atoms with Crippen molar-refractivity contribution in [3.63, 3.8) is 0 Å². The quantitative estimate of drug-likeness (QED) is 0.873. The minimum Gasteiger partial charge on any atom is -0.398 e. The molecule has 1 aliphatic carbocycles. The summed E-state index contributed by atoms with van der Waals surface area (Å²) in [6.07, 6.45) is 3.40. The first-order chi connectivity index (χ1) is 11.0. The zero-order chi connectivity index (χ0) is 16.6. The SMILES string of the molecule is Cc1cc(N)c(C)c(CN2CCN(C(=O)C3CCC3)[C@@H](C)C2)c1. The molecular weight excluding hydrogens is 286 g/mol. The summed E-state index contributed by atoms with van der Waals surface area (Å²) in [6, 6.07) is 4.58. The van der Waals surface area contributed by atoms with Crippen molar-refractivity contribution in [1.82, 2.24) is 9.80 Å². The molecule has 2 fully saturated rings. The van der Waals surface area contributed by atoms with Crippen LogP contribution in [0.4, 0.5) is 5.69 Å². The number of carbonyl (C=O) groups is 1. The number of benzene rings is 1. The molecule has 1 aliphatic heterocycles. The van der Waals surface area contributed by atoms with Crippen molar-refractivity contribution in [2.75, 3.05) is 25.4 Å². The lowest BCUT2D eigenvalue weighted by Gasteiger charge is -2.42. The lowest BCUT2D eigenvalue weighted by molar-refractivity contribution is -0.142. The van der Waals surface area contributed by atoms with Crippen LogP contribution in [0.2, 0.25) is 0 Å². The Bertz CT molecular complexity index is 595. The Morgan fingerprint density at radius 1 is 1.26 bits per heavy atom. The number of piperazine rings is 1. The highest BCUT2D eigenvalue weighted by molar-refractivity contribution is 5.80. The third kappa shape index (κ3) is 3.37. The highest BCUT2D eigenvalue weighted by Gasteiger charge is 2.34. The molecule has 1 atom stereocenters. The lowest BCUT2D eigenvalue weighted by Crippen LogP contribution is -2.55. The molecule has 2 aliphatic rings. The molecule has 4 nitrogen and oxygen atoms in total. The van der Waals surface area contributed by atoms with Gasteiger partial charge < -0.3 is 10.6 Å². The van der Waals surface area contributed by atoms with Crippen molar-refractivity contribution in [2.24, 2.45) is 5.92 Å². The summed E-state index contributed by atoms with van der Waals surface area (Å²) < 4.78 is 0. The Morgan fingerprint density at radius 2 is 2.00 bits per heavy atom. The predicted molar refractivity (Wildman–Crippen MR) is 94.1 cm³/mol. The Kier molecular flexibility index (Phi) is 4.62. The molecule has 3 rings (SSSR count). The van der Waals surface area contributed by atoms with Gasteiger partial charge in [0.2, 0.25) is 5.91 Å². The predicted octanol–water partition coefficient (Wildman–Crippen LogP) is 2.72. The molecule has 0 radical (unpaired) electrons. The maximum Gasteiger partial charge on any atom is 0.226 e. The summed E-state index contributed by atoms with van der Waals surface area (Å²) in [4.78, 5) is 17.1. The maximum absolute atomic E-state index is 12.5. The van der Waals surface area contributed by atoms with Crippen molar-refractivity contribution >= 4 is 11.6 Å². The molecule has 23 heavy (non-hydrogen) atoms. The van der Waals surface area contributed by atoms with E-state index in [0.717, 1.165) is 44.7 Å². The second-order valence-corrected chi connectivity index (χ2v) is 7.38. The molecular formula is C19H29N3O. The molecule has 1 aromatic carbocycles. The molecule has 0 aromatic heterocycles. The van der Waals surface area contributed by atoms with Gasteiger partial charge in [0, 0.05) is 43.8 Å². The number of nitrogens with two attached hydrogens (primary N) is 1. The van der Waals surface area contributed by atoms with E-state index in [1.165, 1.54) is 23.1 Å². The smallest absolute Gasteiger partial charge is 0.226 e. The van der Waals surface area contributed by atoms with Gasteiger partial charge in [0.25, 0.3) is 0 Å². The van der Waals surface area contributed by atoms with Crippen LogP contribution in [-0.4, -0.2) is 41.4 Å². The fraction of sp³-hybridized carbons (Fsp3) is 0.632. The number of amides is 1. The summed E-state index contributed by atoms with van der Waals surface area (Å²) in [6.45, 7) is 10.1. The second-order valence-electron chi connectivity index (χ2n) is 7.38. The summed E-state index contributed by atoms with van der Waals surface area (Å²) in [7, 11) is 0. The Hall–Kier alpha value is -1.55. The van der Waals surface area contributed by atoms with Crippen molar-refractivity contribution in [3.8, 4) is 0 Å². The van der Waals surface area contributed by atoms with E-state index in [0.29, 0.717) is 17.9 Å². The number of carbonyl (C=O) groups excluding carboxylic acids is 1. The molecule has 0 spiro atoms. The minimum atomic E-state index is 0.305. The molecule has 1 aromatic rings. The van der Waals surface area contributed by atoms with E-state index in [9.17, 15) is 4.79 Å². The van der Waals surface area contributed by atoms with Crippen LogP contribution in [0.5, 0.6) is 0 Å². The Morgan fingerprint density at radius 3 is 2.61 bits per heavy atom. The van der Waals surface area contributed by atoms with Crippen molar-refractivity contribution in [1.29, 1.82) is 0 Å². The van der Waals surface area contributed by atoms with Crippen LogP contribution in [0, 0.1) is 19.8 Å². The van der Waals surface area contributed by atoms with Gasteiger partial charge >= 0.3 is 0 Å². The van der Waals surface area contributed by atoms with Crippen LogP contribution in [0.1, 0.15) is 42.9 Å². The minimum absolute atomic E-state index is 0.305. The summed E-state index contributed by atoms with van der Waals surface area (Å²) in [5, 5.41) is 0. The molecule has 1 saturated heterocycles. The Balaban J connectivity index is 1.63. The number of anilines is 1. The number of nitrogen functional groups attached to an aromatic ring is 1. The van der Waals surface area contributed by atoms with Crippen LogP contribution in [0.25, 0.3) is 0 Å². The number of nitrogens with zero attached hydrogens (tertiary/aromatic N) is 2. The normalized spacial score (nSPS) is 22.9. The van der Waals surface area contributed by atoms with E-state index in [2.05, 4.69) is 36.6 Å². The zero-order valence-electron chi connectivity index (χ0n) is 14.6. The van der Waals surface area contributed by atoms with E-state index < -0.39 is 0 Å². The van der Waals surface area contributed by atoms with E-state index in [-0.39, 0.29) is 0 Å². The first-order valence-corrected chi connectivity index (χ1v) is 8.84. The highest BCUT2D eigenvalue weighted by Crippen LogP contribution is 2.30. The van der Waals surface area contributed by atoms with Crippen molar-refractivity contribution in [2.45, 2.75) is 52.6 Å². The topological polar surface area (TPSA) is 49.6 Å². The van der Waals surface area contributed by atoms with Crippen LogP contribution in [-0.2, 0) is 11.3 Å². The van der Waals surface area contributed by atoms with Crippen molar-refractivity contribution < 1.29 is 4.79 Å². The molecule has 0 unspecified atom stereocenters. The fourth-order valence-electron chi connectivity index (χ4n) is 3.76. The Labute approximate surface area is 139 Å². The van der Waals surface area contributed by atoms with Gasteiger partial charge in [-0.25, -0.2) is 0 Å². The number of hydrogen-bond acceptors (Lipinski definition) is 3. The van der Waals surface area contributed by atoms with E-state index in [1.807, 2.05) is 6.07 Å². The van der Waals surface area contributed by atoms with Crippen LogP contribution < -0.4 is 5.73 Å². The molecule has 2 N–H and O–H groups in total. The van der Waals surface area contributed by atoms with Crippen LogP contribution in [0.15, 0.2) is 12.1 Å². The standard InChI is InChI=1S/C19H29N3O/c1-13-9-17(15(3)18(20)10-13)12-21-7-8-22(14(2)11-21)19(23)16-5-4-6-16/h9-10,14,16H,4-8,11-12,20H2,1-3H3/t14-/m0/s1. The second kappa shape index (κ2) is 6.52. The van der Waals surface area contributed by atoms with E-state index in [1.54, 1.807) is 0 Å². The van der Waals surface area contributed by atoms with Crippen molar-refractivity contribution in [3.05, 3.63) is 28.8 Å². The van der Waals surface area contributed by atoms with Gasteiger partial charge in [-0.15, -0.1) is 0 Å². The van der Waals surface area contributed by atoms with Gasteiger partial charge in [-0.2, -0.15) is 0 Å². The first kappa shape index (κ1) is 16.3. The van der Waals surface area contributed by atoms with Gasteiger partial charge in [0.05, 0.1) is 0 Å². The largest absolute Gasteiger partial charge is 0.398 e. The van der Waals surface area contributed by atoms with Gasteiger partial charge in [-0.05, 0) is 56.4 Å². The molecule has 126 valence electrons. The highest BCUT2D eigenvalue weighted by atomic mass is 16.2. The number of rotatable bonds is 3. The van der Waals surface area contributed by atoms with Gasteiger partial charge in [-0.1, -0.05) is 12.5 Å². The number of aryl methyl sites for hydroxylation is 1. The molecule has 1 amide bonds. The maximum atomic E-state index is 12.5. The third-order valence-electron chi connectivity index (χ3n) is 5.54. The third-order valence-corrected chi connectivity index (χ3v) is 5.54. The first-order valence-electron chi connectivity index (χ1n) is 8.84. The van der Waals surface area contributed by atoms with Gasteiger partial charge in [-0.3, -0.25) is 9.69 Å². The number of hydrogen-bond donors (Lipinski definition) is 1. The van der Waals surface area contributed by atoms with Gasteiger partial charge in [0.15, 0.2) is 0 Å². The molecule has 0 bridgehead atoms. The zero-order valence-corrected chi connectivity index (χ0v) is 14.6. The fourth-order valence-corrected chi connectivity index (χ4v) is 3.76. The average molecular weight is 315 g/mol. The summed E-state index contributed by atoms with van der Waals surface area (Å²) >= 11 is 0.